The molecule has 2 heterocycles. The Morgan fingerprint density at radius 1 is 1.29 bits per heavy atom. The van der Waals surface area contributed by atoms with Crippen molar-refractivity contribution in [2.45, 2.75) is 17.7 Å². The van der Waals surface area contributed by atoms with Gasteiger partial charge in [-0.2, -0.15) is 9.57 Å². The number of benzene rings is 1. The normalized spacial score (nSPS) is 15.3. The molecular formula is C13H12N6O4S. The molecule has 124 valence electrons. The molecule has 1 aromatic heterocycles. The van der Waals surface area contributed by atoms with Gasteiger partial charge in [0.05, 0.1) is 9.82 Å². The van der Waals surface area contributed by atoms with E-state index in [1.807, 2.05) is 0 Å². The lowest BCUT2D eigenvalue weighted by molar-refractivity contribution is -0.384. The predicted octanol–water partition coefficient (Wildman–Crippen LogP) is 0.832. The number of nitro groups is 1. The molecule has 0 unspecified atom stereocenters. The number of nitro benzene ring substituents is 1. The topological polar surface area (TPSA) is 135 Å². The summed E-state index contributed by atoms with van der Waals surface area (Å²) in [5.41, 5.74) is -0.390. The molecule has 0 amide bonds. The number of aromatic nitrogens is 3. The van der Waals surface area contributed by atoms with Crippen LogP contribution in [0.25, 0.3) is 5.69 Å². The van der Waals surface area contributed by atoms with Gasteiger partial charge in [0.2, 0.25) is 10.0 Å². The lowest BCUT2D eigenvalue weighted by Crippen LogP contribution is -2.27. The van der Waals surface area contributed by atoms with Crippen molar-refractivity contribution in [2.24, 2.45) is 0 Å². The van der Waals surface area contributed by atoms with Crippen molar-refractivity contribution in [1.82, 2.24) is 19.1 Å². The zero-order valence-corrected chi connectivity index (χ0v) is 13.2. The maximum absolute atomic E-state index is 12.5. The predicted molar refractivity (Wildman–Crippen MR) is 80.7 cm³/mol. The molecule has 24 heavy (non-hydrogen) atoms. The van der Waals surface area contributed by atoms with Crippen LogP contribution >= 0.6 is 0 Å². The Morgan fingerprint density at radius 2 is 2.00 bits per heavy atom. The summed E-state index contributed by atoms with van der Waals surface area (Å²) in [6, 6.07) is 5.32. The van der Waals surface area contributed by atoms with Crippen molar-refractivity contribution in [3.05, 3.63) is 40.5 Å². The van der Waals surface area contributed by atoms with Crippen LogP contribution < -0.4 is 0 Å². The van der Waals surface area contributed by atoms with E-state index in [9.17, 15) is 18.5 Å². The molecule has 3 rings (SSSR count). The van der Waals surface area contributed by atoms with Crippen LogP contribution in [-0.2, 0) is 10.0 Å². The van der Waals surface area contributed by atoms with Crippen molar-refractivity contribution in [2.75, 3.05) is 13.1 Å². The monoisotopic (exact) mass is 348 g/mol. The third kappa shape index (κ3) is 2.72. The molecule has 1 aromatic carbocycles. The summed E-state index contributed by atoms with van der Waals surface area (Å²) in [7, 11) is -3.76. The Hall–Kier alpha value is -2.84. The second-order valence-corrected chi connectivity index (χ2v) is 7.08. The average molecular weight is 348 g/mol. The van der Waals surface area contributed by atoms with Gasteiger partial charge in [-0.05, 0) is 25.0 Å². The molecule has 1 saturated heterocycles. The first kappa shape index (κ1) is 16.0. The number of nitriles is 1. The number of sulfonamides is 1. The van der Waals surface area contributed by atoms with Crippen molar-refractivity contribution < 1.29 is 13.3 Å². The second-order valence-electron chi connectivity index (χ2n) is 5.14. The van der Waals surface area contributed by atoms with Crippen molar-refractivity contribution >= 4 is 15.7 Å². The highest BCUT2D eigenvalue weighted by molar-refractivity contribution is 7.89. The van der Waals surface area contributed by atoms with Gasteiger partial charge in [-0.1, -0.05) is 0 Å². The third-order valence-electron chi connectivity index (χ3n) is 3.69. The van der Waals surface area contributed by atoms with Gasteiger partial charge in [0.25, 0.3) is 11.5 Å². The SMILES string of the molecule is N#Cc1ncn(-c2ccc(S(=O)(=O)N3CCCC3)cc2[N+](=O)[O-])n1. The molecular weight excluding hydrogens is 336 g/mol. The molecule has 0 saturated carbocycles. The Balaban J connectivity index is 2.08. The summed E-state index contributed by atoms with van der Waals surface area (Å²) in [5, 5.41) is 23.9. The second kappa shape index (κ2) is 5.99. The maximum atomic E-state index is 12.5. The van der Waals surface area contributed by atoms with Gasteiger partial charge in [-0.15, -0.1) is 5.10 Å². The molecule has 1 aliphatic rings. The van der Waals surface area contributed by atoms with Crippen LogP contribution in [0.15, 0.2) is 29.4 Å². The molecule has 2 aromatic rings. The fourth-order valence-electron chi connectivity index (χ4n) is 2.51. The molecule has 10 nitrogen and oxygen atoms in total. The van der Waals surface area contributed by atoms with E-state index in [4.69, 9.17) is 5.26 Å². The third-order valence-corrected chi connectivity index (χ3v) is 5.58. The molecule has 0 atom stereocenters. The molecule has 11 heteroatoms. The highest BCUT2D eigenvalue weighted by atomic mass is 32.2. The maximum Gasteiger partial charge on any atom is 0.296 e. The molecule has 0 radical (unpaired) electrons. The summed E-state index contributed by atoms with van der Waals surface area (Å²) >= 11 is 0. The van der Waals surface area contributed by atoms with Crippen LogP contribution in [-0.4, -0.2) is 45.5 Å². The van der Waals surface area contributed by atoms with Crippen molar-refractivity contribution in [1.29, 1.82) is 5.26 Å². The van der Waals surface area contributed by atoms with Crippen LogP contribution in [0.5, 0.6) is 0 Å². The summed E-state index contributed by atoms with van der Waals surface area (Å²) in [5.74, 6) is -0.141. The molecule has 0 aliphatic carbocycles. The molecule has 0 bridgehead atoms. The van der Waals surface area contributed by atoms with E-state index >= 15 is 0 Å². The molecule has 0 spiro atoms. The van der Waals surface area contributed by atoms with Crippen molar-refractivity contribution in [3.8, 4) is 11.8 Å². The first-order chi connectivity index (χ1) is 11.4. The van der Waals surface area contributed by atoms with E-state index in [0.29, 0.717) is 13.1 Å². The van der Waals surface area contributed by atoms with Gasteiger partial charge in [0.1, 0.15) is 18.1 Å². The smallest absolute Gasteiger partial charge is 0.258 e. The fourth-order valence-corrected chi connectivity index (χ4v) is 4.05. The van der Waals surface area contributed by atoms with Gasteiger partial charge in [-0.3, -0.25) is 10.1 Å². The Kier molecular flexibility index (Phi) is 4.00. The minimum Gasteiger partial charge on any atom is -0.258 e. The Labute approximate surface area is 137 Å². The van der Waals surface area contributed by atoms with Gasteiger partial charge < -0.3 is 0 Å². The number of rotatable bonds is 4. The minimum atomic E-state index is -3.76. The molecule has 1 fully saturated rings. The molecule has 1 aliphatic heterocycles. The Morgan fingerprint density at radius 3 is 2.58 bits per heavy atom. The van der Waals surface area contributed by atoms with E-state index in [1.54, 1.807) is 6.07 Å². The first-order valence-corrected chi connectivity index (χ1v) is 8.48. The van der Waals surface area contributed by atoms with Crippen LogP contribution in [0.3, 0.4) is 0 Å². The van der Waals surface area contributed by atoms with E-state index in [2.05, 4.69) is 10.1 Å². The fraction of sp³-hybridized carbons (Fsp3) is 0.308. The number of nitrogens with zero attached hydrogens (tertiary/aromatic N) is 6. The van der Waals surface area contributed by atoms with E-state index in [1.165, 1.54) is 16.4 Å². The van der Waals surface area contributed by atoms with Gasteiger partial charge >= 0.3 is 0 Å². The largest absolute Gasteiger partial charge is 0.296 e. The van der Waals surface area contributed by atoms with Crippen LogP contribution in [0, 0.1) is 21.4 Å². The first-order valence-electron chi connectivity index (χ1n) is 7.04. The minimum absolute atomic E-state index is 0.0365. The zero-order chi connectivity index (χ0) is 17.3. The van der Waals surface area contributed by atoms with E-state index < -0.39 is 20.6 Å². The standard InChI is InChI=1S/C13H12N6O4S/c14-8-13-15-9-18(16-13)11-4-3-10(7-12(11)19(20)21)24(22,23)17-5-1-2-6-17/h3-4,7,9H,1-2,5-6H2. The van der Waals surface area contributed by atoms with Gasteiger partial charge in [0.15, 0.2) is 0 Å². The highest BCUT2D eigenvalue weighted by Crippen LogP contribution is 2.28. The summed E-state index contributed by atoms with van der Waals surface area (Å²) in [4.78, 5) is 14.2. The van der Waals surface area contributed by atoms with Crippen molar-refractivity contribution in [3.63, 3.8) is 0 Å². The van der Waals surface area contributed by atoms with Crippen LogP contribution in [0.2, 0.25) is 0 Å². The lowest BCUT2D eigenvalue weighted by Gasteiger charge is -2.15. The van der Waals surface area contributed by atoms with Crippen LogP contribution in [0.1, 0.15) is 18.7 Å². The summed E-state index contributed by atoms with van der Waals surface area (Å²) in [6.45, 7) is 0.818. The zero-order valence-electron chi connectivity index (χ0n) is 12.4. The van der Waals surface area contributed by atoms with Gasteiger partial charge in [-0.25, -0.2) is 18.1 Å². The average Bonchev–Trinajstić information content (AvgIpc) is 3.25. The van der Waals surface area contributed by atoms with E-state index in [0.717, 1.165) is 29.9 Å². The summed E-state index contributed by atoms with van der Waals surface area (Å²) in [6.07, 6.45) is 2.71. The quantitative estimate of drug-likeness (QED) is 0.589. The van der Waals surface area contributed by atoms with E-state index in [-0.39, 0.29) is 16.4 Å². The van der Waals surface area contributed by atoms with Gasteiger partial charge in [0, 0.05) is 19.2 Å². The summed E-state index contributed by atoms with van der Waals surface area (Å²) < 4.78 is 27.5. The number of hydrogen-bond donors (Lipinski definition) is 0. The van der Waals surface area contributed by atoms with Crippen LogP contribution in [0.4, 0.5) is 5.69 Å². The molecule has 0 N–H and O–H groups in total. The lowest BCUT2D eigenvalue weighted by atomic mass is 10.3. The highest BCUT2D eigenvalue weighted by Gasteiger charge is 2.30. The Bertz CT molecular complexity index is 940. The number of hydrogen-bond acceptors (Lipinski definition) is 7.